The topological polar surface area (TPSA) is 89.6 Å². The molecule has 0 unspecified atom stereocenters. The molecule has 2 aliphatic carbocycles. The first-order chi connectivity index (χ1) is 27.2. The molecule has 5 aliphatic rings. The van der Waals surface area contributed by atoms with Crippen molar-refractivity contribution in [3.05, 3.63) is 47.7 Å². The van der Waals surface area contributed by atoms with Crippen LogP contribution in [0.15, 0.2) is 30.5 Å². The first-order valence-electron chi connectivity index (χ1n) is 20.6. The van der Waals surface area contributed by atoms with E-state index in [9.17, 15) is 4.39 Å². The Morgan fingerprint density at radius 2 is 1.81 bits per heavy atom. The molecule has 1 spiro atoms. The van der Waals surface area contributed by atoms with Gasteiger partial charge in [-0.15, -0.1) is 5.54 Å². The van der Waals surface area contributed by atoms with Crippen molar-refractivity contribution in [2.75, 3.05) is 50.1 Å². The molecule has 0 amide bonds. The van der Waals surface area contributed by atoms with Gasteiger partial charge in [0.15, 0.2) is 5.82 Å². The second-order valence-electron chi connectivity index (χ2n) is 18.4. The molecule has 302 valence electrons. The predicted octanol–water partition coefficient (Wildman–Crippen LogP) is 8.79. The first-order valence-corrected chi connectivity index (χ1v) is 22.8. The van der Waals surface area contributed by atoms with Crippen molar-refractivity contribution in [3.63, 3.8) is 0 Å². The fourth-order valence-corrected chi connectivity index (χ4v) is 16.4. The Morgan fingerprint density at radius 3 is 2.53 bits per heavy atom. The Morgan fingerprint density at radius 1 is 1.05 bits per heavy atom. The number of fused-ring (bicyclic) bond motifs is 4. The average Bonchev–Trinajstić information content (AvgIpc) is 3.91. The number of benzene rings is 2. The second-order valence-corrected chi connectivity index (χ2v) is 23.9. The molecular formula is C44H52F4N6O2Si. The molecule has 2 N–H and O–H groups in total. The summed E-state index contributed by atoms with van der Waals surface area (Å²) in [5, 5.41) is 1.32. The summed E-state index contributed by atoms with van der Waals surface area (Å²) in [7, 11) is -2.28. The number of aromatic nitrogens is 3. The number of hydrogen-bond donors (Lipinski definition) is 1. The molecule has 13 heteroatoms. The number of nitrogen functional groups attached to an aromatic ring is 1. The van der Waals surface area contributed by atoms with Gasteiger partial charge >= 0.3 is 6.01 Å². The summed E-state index contributed by atoms with van der Waals surface area (Å²) in [4.78, 5) is 18.4. The normalized spacial score (nSPS) is 28.3. The lowest BCUT2D eigenvalue weighted by atomic mass is 9.89. The second kappa shape index (κ2) is 13.8. The van der Waals surface area contributed by atoms with Gasteiger partial charge in [0, 0.05) is 47.3 Å². The predicted molar refractivity (Wildman–Crippen MR) is 218 cm³/mol. The number of rotatable bonds is 8. The number of alkyl halides is 2. The van der Waals surface area contributed by atoms with Crippen LogP contribution in [-0.2, 0) is 4.74 Å². The molecule has 9 rings (SSSR count). The smallest absolute Gasteiger partial charge is 0.319 e. The summed E-state index contributed by atoms with van der Waals surface area (Å²) in [6.45, 7) is 16.0. The molecule has 8 nitrogen and oxygen atoms in total. The number of hydrogen-bond acceptors (Lipinski definition) is 8. The van der Waals surface area contributed by atoms with Crippen molar-refractivity contribution >= 4 is 41.3 Å². The molecule has 0 bridgehead atoms. The third kappa shape index (κ3) is 6.10. The summed E-state index contributed by atoms with van der Waals surface area (Å²) < 4.78 is 75.6. The molecule has 3 aliphatic heterocycles. The molecule has 57 heavy (non-hydrogen) atoms. The van der Waals surface area contributed by atoms with E-state index >= 15 is 13.2 Å². The molecule has 3 saturated heterocycles. The Labute approximate surface area is 332 Å². The molecule has 0 radical (unpaired) electrons. The van der Waals surface area contributed by atoms with E-state index in [2.05, 4.69) is 67.9 Å². The third-order valence-electron chi connectivity index (χ3n) is 14.2. The fourth-order valence-electron chi connectivity index (χ4n) is 11.1. The highest BCUT2D eigenvalue weighted by Gasteiger charge is 2.67. The summed E-state index contributed by atoms with van der Waals surface area (Å²) in [6, 6.07) is 5.82. The van der Waals surface area contributed by atoms with Crippen LogP contribution in [0.4, 0.5) is 29.1 Å². The molecule has 2 saturated carbocycles. The van der Waals surface area contributed by atoms with Crippen LogP contribution in [0.5, 0.6) is 6.01 Å². The SMILES string of the molecule is CC(C)[Si](C#Cc1c(F)ccc2cc(N)cc(-c3ncc4c(N5CCOC[C@H]6[C@H](F)[C@H]65)nc(OC[C@@]56CCCN5C[C@]5(C[C@@H]5F)C6)nc4c3F)c12)(C(C)C)C(C)C. The number of nitrogens with zero attached hydrogens (tertiary/aromatic N) is 5. The minimum atomic E-state index is -2.28. The van der Waals surface area contributed by atoms with Gasteiger partial charge in [0.05, 0.1) is 35.7 Å². The van der Waals surface area contributed by atoms with Crippen LogP contribution in [0.2, 0.25) is 16.6 Å². The van der Waals surface area contributed by atoms with Crippen LogP contribution in [0.1, 0.15) is 72.8 Å². The Balaban J connectivity index is 1.19. The summed E-state index contributed by atoms with van der Waals surface area (Å²) in [6.07, 6.45) is 2.68. The Hall–Kier alpha value is -3.99. The monoisotopic (exact) mass is 800 g/mol. The Bertz CT molecular complexity index is 2310. The van der Waals surface area contributed by atoms with E-state index in [4.69, 9.17) is 20.2 Å². The van der Waals surface area contributed by atoms with Crippen molar-refractivity contribution in [2.24, 2.45) is 11.3 Å². The lowest BCUT2D eigenvalue weighted by molar-refractivity contribution is 0.107. The summed E-state index contributed by atoms with van der Waals surface area (Å²) in [5.74, 6) is 2.01. The maximum Gasteiger partial charge on any atom is 0.319 e. The van der Waals surface area contributed by atoms with E-state index in [1.54, 1.807) is 18.2 Å². The minimum Gasteiger partial charge on any atom is -0.461 e. The fraction of sp³-hybridized carbons (Fsp3) is 0.568. The van der Waals surface area contributed by atoms with Gasteiger partial charge in [-0.2, -0.15) is 9.97 Å². The van der Waals surface area contributed by atoms with Crippen molar-refractivity contribution in [2.45, 2.75) is 108 Å². The van der Waals surface area contributed by atoms with E-state index in [0.717, 1.165) is 19.4 Å². The maximum atomic E-state index is 17.5. The number of nitrogens with two attached hydrogens (primary N) is 1. The maximum absolute atomic E-state index is 17.5. The van der Waals surface area contributed by atoms with Crippen LogP contribution in [-0.4, -0.2) is 91.3 Å². The number of pyridine rings is 1. The highest BCUT2D eigenvalue weighted by atomic mass is 28.3. The van der Waals surface area contributed by atoms with Gasteiger partial charge < -0.3 is 20.1 Å². The van der Waals surface area contributed by atoms with Gasteiger partial charge in [0.2, 0.25) is 0 Å². The molecule has 4 aromatic rings. The van der Waals surface area contributed by atoms with E-state index in [0.29, 0.717) is 83.4 Å². The van der Waals surface area contributed by atoms with Gasteiger partial charge in [-0.05, 0) is 72.4 Å². The van der Waals surface area contributed by atoms with Gasteiger partial charge in [-0.25, -0.2) is 17.6 Å². The summed E-state index contributed by atoms with van der Waals surface area (Å²) >= 11 is 0. The van der Waals surface area contributed by atoms with Gasteiger partial charge in [-0.1, -0.05) is 53.5 Å². The standard InChI is InChI=1S/C44H52F4N6O2Si/c1-24(2)57(25(3)4,26(5)6)15-10-29-33(45)9-8-27-16-28(49)17-30(35(27)29)38-37(48)39-31(19-50-38)41(54-13-14-55-20-32-36(47)40(32)54)52-42(51-39)56-23-44-11-7-12-53(44)22-43(21-44)18-34(43)46/h8-9,16-17,19,24-26,32,34,36,40H,7,11-14,18,20-23,49H2,1-6H3/t32-,34-,36-,40-,43-,44-/m0/s1. The van der Waals surface area contributed by atoms with Crippen molar-refractivity contribution in [1.82, 2.24) is 19.9 Å². The zero-order valence-corrected chi connectivity index (χ0v) is 34.6. The van der Waals surface area contributed by atoms with Crippen LogP contribution in [0.3, 0.4) is 0 Å². The summed E-state index contributed by atoms with van der Waals surface area (Å²) in [5.41, 5.74) is 11.1. The number of anilines is 2. The van der Waals surface area contributed by atoms with E-state index < -0.39 is 38.1 Å². The van der Waals surface area contributed by atoms with Crippen molar-refractivity contribution in [3.8, 4) is 28.7 Å². The molecule has 6 atom stereocenters. The van der Waals surface area contributed by atoms with E-state index in [-0.39, 0.29) is 51.8 Å². The molecule has 2 aromatic carbocycles. The van der Waals surface area contributed by atoms with Gasteiger partial charge in [0.25, 0.3) is 0 Å². The molecule has 5 heterocycles. The van der Waals surface area contributed by atoms with E-state index in [1.165, 1.54) is 12.3 Å². The highest BCUT2D eigenvalue weighted by molar-refractivity contribution is 6.90. The van der Waals surface area contributed by atoms with E-state index in [1.807, 2.05) is 4.90 Å². The lowest BCUT2D eigenvalue weighted by Gasteiger charge is -2.38. The molecular weight excluding hydrogens is 749 g/mol. The van der Waals surface area contributed by atoms with Crippen LogP contribution in [0, 0.1) is 34.4 Å². The Kier molecular flexibility index (Phi) is 9.33. The quantitative estimate of drug-likeness (QED) is 0.0820. The largest absolute Gasteiger partial charge is 0.461 e. The average molecular weight is 801 g/mol. The highest BCUT2D eigenvalue weighted by Crippen LogP contribution is 2.62. The van der Waals surface area contributed by atoms with Crippen molar-refractivity contribution in [1.29, 1.82) is 0 Å². The number of halogens is 4. The van der Waals surface area contributed by atoms with Gasteiger partial charge in [-0.3, -0.25) is 9.88 Å². The zero-order chi connectivity index (χ0) is 40.2. The number of ether oxygens (including phenoxy) is 2. The van der Waals surface area contributed by atoms with Crippen molar-refractivity contribution < 1.29 is 27.0 Å². The third-order valence-corrected chi connectivity index (χ3v) is 20.5. The van der Waals surface area contributed by atoms with Crippen LogP contribution in [0.25, 0.3) is 32.9 Å². The minimum absolute atomic E-state index is 0.0477. The van der Waals surface area contributed by atoms with Crippen LogP contribution >= 0.6 is 0 Å². The zero-order valence-electron chi connectivity index (χ0n) is 33.6. The van der Waals surface area contributed by atoms with Gasteiger partial charge in [0.1, 0.15) is 49.9 Å². The lowest BCUT2D eigenvalue weighted by Crippen LogP contribution is -2.43. The first kappa shape index (κ1) is 38.5. The molecule has 2 aromatic heterocycles. The van der Waals surface area contributed by atoms with Crippen LogP contribution < -0.4 is 15.4 Å². The molecule has 5 fully saturated rings.